The number of nitrogens with two attached hydrogens (primary N) is 1. The molecule has 0 radical (unpaired) electrons. The molecule has 0 unspecified atom stereocenters. The van der Waals surface area contributed by atoms with Crippen LogP contribution < -0.4 is 11.1 Å². The van der Waals surface area contributed by atoms with Crippen molar-refractivity contribution in [3.05, 3.63) is 66.0 Å². The minimum absolute atomic E-state index is 0. The van der Waals surface area contributed by atoms with Gasteiger partial charge in [-0.25, -0.2) is 4.99 Å². The summed E-state index contributed by atoms with van der Waals surface area (Å²) in [5.41, 5.74) is 7.91. The van der Waals surface area contributed by atoms with Crippen LogP contribution in [-0.4, -0.2) is 41.4 Å². The van der Waals surface area contributed by atoms with E-state index in [9.17, 15) is 4.79 Å². The van der Waals surface area contributed by atoms with Crippen LogP contribution in [0.25, 0.3) is 0 Å². The van der Waals surface area contributed by atoms with Crippen LogP contribution in [0.3, 0.4) is 0 Å². The molecule has 0 aliphatic rings. The van der Waals surface area contributed by atoms with Gasteiger partial charge >= 0.3 is 0 Å². The molecule has 0 atom stereocenters. The van der Waals surface area contributed by atoms with Crippen LogP contribution in [0.1, 0.15) is 18.2 Å². The maximum Gasteiger partial charge on any atom is 0.244 e. The van der Waals surface area contributed by atoms with E-state index in [1.807, 2.05) is 55.5 Å². The smallest absolute Gasteiger partial charge is 0.244 e. The van der Waals surface area contributed by atoms with E-state index in [0.717, 1.165) is 17.7 Å². The van der Waals surface area contributed by atoms with Gasteiger partial charge in [-0.3, -0.25) is 9.78 Å². The Morgan fingerprint density at radius 3 is 2.58 bits per heavy atom. The van der Waals surface area contributed by atoms with Gasteiger partial charge in [0.1, 0.15) is 6.54 Å². The molecule has 2 aromatic rings. The van der Waals surface area contributed by atoms with Gasteiger partial charge in [0, 0.05) is 37.9 Å². The fraction of sp³-hybridized carbons (Fsp3) is 0.316. The fourth-order valence-corrected chi connectivity index (χ4v) is 2.35. The molecule has 1 aromatic heterocycles. The van der Waals surface area contributed by atoms with Crippen LogP contribution in [0.4, 0.5) is 0 Å². The molecular formula is C19H26IN5O. The number of aromatic nitrogens is 1. The van der Waals surface area contributed by atoms with Gasteiger partial charge in [0.2, 0.25) is 5.91 Å². The standard InChI is InChI=1S/C19H25N5O.HI/c1-2-24(15-16-8-4-3-5-9-16)18(25)14-23-19(20)22-13-11-17-10-6-7-12-21-17;/h3-10,12H,2,11,13-15H2,1H3,(H3,20,22,23);1H. The molecule has 0 aliphatic carbocycles. The first kappa shape index (κ1) is 21.9. The molecule has 7 heteroatoms. The largest absolute Gasteiger partial charge is 0.370 e. The van der Waals surface area contributed by atoms with Crippen LogP contribution in [0, 0.1) is 0 Å². The lowest BCUT2D eigenvalue weighted by Crippen LogP contribution is -2.36. The zero-order valence-corrected chi connectivity index (χ0v) is 17.3. The number of pyridine rings is 1. The number of aliphatic imine (C=N–C) groups is 1. The number of halogens is 1. The summed E-state index contributed by atoms with van der Waals surface area (Å²) in [6, 6.07) is 15.7. The Balaban J connectivity index is 0.00000338. The first-order valence-electron chi connectivity index (χ1n) is 8.44. The van der Waals surface area contributed by atoms with Crippen LogP contribution in [0.5, 0.6) is 0 Å². The highest BCUT2D eigenvalue weighted by atomic mass is 127. The maximum atomic E-state index is 12.3. The van der Waals surface area contributed by atoms with E-state index in [1.165, 1.54) is 0 Å². The van der Waals surface area contributed by atoms with E-state index < -0.39 is 0 Å². The number of hydrogen-bond donors (Lipinski definition) is 2. The molecule has 3 N–H and O–H groups in total. The molecule has 0 spiro atoms. The van der Waals surface area contributed by atoms with Crippen molar-refractivity contribution in [2.24, 2.45) is 10.7 Å². The summed E-state index contributed by atoms with van der Waals surface area (Å²) in [5.74, 6) is 0.237. The Morgan fingerprint density at radius 1 is 1.19 bits per heavy atom. The van der Waals surface area contributed by atoms with E-state index >= 15 is 0 Å². The van der Waals surface area contributed by atoms with Crippen molar-refractivity contribution in [3.63, 3.8) is 0 Å². The fourth-order valence-electron chi connectivity index (χ4n) is 2.35. The highest BCUT2D eigenvalue weighted by molar-refractivity contribution is 14.0. The van der Waals surface area contributed by atoms with Crippen LogP contribution >= 0.6 is 24.0 Å². The Labute approximate surface area is 171 Å². The highest BCUT2D eigenvalue weighted by Crippen LogP contribution is 2.04. The number of rotatable bonds is 8. The SMILES string of the molecule is CCN(Cc1ccccc1)C(=O)CN=C(N)NCCc1ccccn1.I. The normalized spacial score (nSPS) is 10.7. The number of carbonyl (C=O) groups excluding carboxylic acids is 1. The molecule has 0 fully saturated rings. The molecule has 6 nitrogen and oxygen atoms in total. The first-order chi connectivity index (χ1) is 12.2. The summed E-state index contributed by atoms with van der Waals surface area (Å²) in [4.78, 5) is 22.4. The van der Waals surface area contributed by atoms with Gasteiger partial charge in [0.25, 0.3) is 0 Å². The molecule has 0 saturated heterocycles. The molecule has 140 valence electrons. The molecule has 2 rings (SSSR count). The lowest BCUT2D eigenvalue weighted by atomic mass is 10.2. The van der Waals surface area contributed by atoms with E-state index in [1.54, 1.807) is 11.1 Å². The predicted octanol–water partition coefficient (Wildman–Crippen LogP) is 2.20. The Morgan fingerprint density at radius 2 is 1.92 bits per heavy atom. The Bertz CT molecular complexity index is 679. The average molecular weight is 467 g/mol. The number of nitrogens with zero attached hydrogens (tertiary/aromatic N) is 3. The van der Waals surface area contributed by atoms with Crippen LogP contribution in [-0.2, 0) is 17.8 Å². The number of guanidine groups is 1. The van der Waals surface area contributed by atoms with Crippen molar-refractivity contribution < 1.29 is 4.79 Å². The summed E-state index contributed by atoms with van der Waals surface area (Å²) in [6.07, 6.45) is 2.51. The number of likely N-dealkylation sites (N-methyl/N-ethyl adjacent to an activating group) is 1. The van der Waals surface area contributed by atoms with Gasteiger partial charge < -0.3 is 16.0 Å². The molecule has 1 aromatic carbocycles. The van der Waals surface area contributed by atoms with Crippen molar-refractivity contribution in [3.8, 4) is 0 Å². The number of hydrogen-bond acceptors (Lipinski definition) is 3. The van der Waals surface area contributed by atoms with Gasteiger partial charge in [0.05, 0.1) is 0 Å². The van der Waals surface area contributed by atoms with Crippen molar-refractivity contribution in [1.29, 1.82) is 0 Å². The van der Waals surface area contributed by atoms with Gasteiger partial charge in [-0.1, -0.05) is 36.4 Å². The number of amides is 1. The topological polar surface area (TPSA) is 83.6 Å². The Kier molecular flexibility index (Phi) is 10.3. The summed E-state index contributed by atoms with van der Waals surface area (Å²) in [7, 11) is 0. The number of carbonyl (C=O) groups is 1. The molecule has 1 heterocycles. The van der Waals surface area contributed by atoms with Crippen LogP contribution in [0.15, 0.2) is 59.7 Å². The lowest BCUT2D eigenvalue weighted by molar-refractivity contribution is -0.130. The van der Waals surface area contributed by atoms with Gasteiger partial charge in [0.15, 0.2) is 5.96 Å². The maximum absolute atomic E-state index is 12.3. The molecule has 0 bridgehead atoms. The van der Waals surface area contributed by atoms with E-state index in [-0.39, 0.29) is 42.4 Å². The van der Waals surface area contributed by atoms with Crippen LogP contribution in [0.2, 0.25) is 0 Å². The van der Waals surface area contributed by atoms with Crippen molar-refractivity contribution in [2.45, 2.75) is 19.9 Å². The quantitative estimate of drug-likeness (QED) is 0.354. The minimum Gasteiger partial charge on any atom is -0.370 e. The third-order valence-corrected chi connectivity index (χ3v) is 3.75. The van der Waals surface area contributed by atoms with Gasteiger partial charge in [-0.2, -0.15) is 0 Å². The van der Waals surface area contributed by atoms with Crippen molar-refractivity contribution >= 4 is 35.8 Å². The summed E-state index contributed by atoms with van der Waals surface area (Å²) in [6.45, 7) is 3.85. The van der Waals surface area contributed by atoms with Crippen molar-refractivity contribution in [2.75, 3.05) is 19.6 Å². The molecule has 1 amide bonds. The zero-order chi connectivity index (χ0) is 17.9. The third-order valence-electron chi connectivity index (χ3n) is 3.75. The zero-order valence-electron chi connectivity index (χ0n) is 15.0. The third kappa shape index (κ3) is 7.81. The monoisotopic (exact) mass is 467 g/mol. The lowest BCUT2D eigenvalue weighted by Gasteiger charge is -2.20. The minimum atomic E-state index is -0.0409. The second-order valence-corrected chi connectivity index (χ2v) is 5.59. The number of nitrogens with one attached hydrogen (secondary N) is 1. The Hall–Kier alpha value is -2.16. The van der Waals surface area contributed by atoms with E-state index in [4.69, 9.17) is 5.73 Å². The van der Waals surface area contributed by atoms with Gasteiger partial charge in [-0.15, -0.1) is 24.0 Å². The molecular weight excluding hydrogens is 441 g/mol. The van der Waals surface area contributed by atoms with E-state index in [0.29, 0.717) is 19.6 Å². The van der Waals surface area contributed by atoms with E-state index in [2.05, 4.69) is 15.3 Å². The average Bonchev–Trinajstić information content (AvgIpc) is 2.66. The first-order valence-corrected chi connectivity index (χ1v) is 8.44. The highest BCUT2D eigenvalue weighted by Gasteiger charge is 2.11. The predicted molar refractivity (Wildman–Crippen MR) is 115 cm³/mol. The molecule has 0 aliphatic heterocycles. The summed E-state index contributed by atoms with van der Waals surface area (Å²) in [5, 5.41) is 3.01. The summed E-state index contributed by atoms with van der Waals surface area (Å²) < 4.78 is 0. The molecule has 26 heavy (non-hydrogen) atoms. The second-order valence-electron chi connectivity index (χ2n) is 5.59. The van der Waals surface area contributed by atoms with Gasteiger partial charge in [-0.05, 0) is 24.6 Å². The molecule has 0 saturated carbocycles. The summed E-state index contributed by atoms with van der Waals surface area (Å²) >= 11 is 0. The second kappa shape index (κ2) is 12.2. The van der Waals surface area contributed by atoms with Crippen molar-refractivity contribution in [1.82, 2.24) is 15.2 Å². The number of benzene rings is 1.